The number of benzene rings is 1. The summed E-state index contributed by atoms with van der Waals surface area (Å²) < 4.78 is 34.9. The second-order valence-corrected chi connectivity index (χ2v) is 8.02. The largest absolute Gasteiger partial charge is 0.418 e. The Hall–Kier alpha value is -3.75. The van der Waals surface area contributed by atoms with Crippen molar-refractivity contribution >= 4 is 34.1 Å². The fraction of sp³-hybridized carbons (Fsp3) is 0.263. The van der Waals surface area contributed by atoms with Crippen molar-refractivity contribution < 1.29 is 31.6 Å². The van der Waals surface area contributed by atoms with E-state index >= 15 is 0 Å². The molecule has 2 aliphatic heterocycles. The molecular weight excluding hydrogens is 456 g/mol. The van der Waals surface area contributed by atoms with Crippen molar-refractivity contribution in [1.82, 2.24) is 20.4 Å². The van der Waals surface area contributed by atoms with Crippen molar-refractivity contribution in [3.05, 3.63) is 60.9 Å². The summed E-state index contributed by atoms with van der Waals surface area (Å²) >= 11 is 0. The maximum atomic E-state index is 12.6. The zero-order chi connectivity index (χ0) is 24.0. The second-order valence-electron chi connectivity index (χ2n) is 7.02. The van der Waals surface area contributed by atoms with E-state index in [2.05, 4.69) is 14.7 Å². The summed E-state index contributed by atoms with van der Waals surface area (Å²) in [5.74, 6) is -0.668. The number of anilines is 1. The van der Waals surface area contributed by atoms with Gasteiger partial charge in [0.15, 0.2) is 0 Å². The van der Waals surface area contributed by atoms with Gasteiger partial charge in [0.2, 0.25) is 0 Å². The molecule has 3 heterocycles. The third kappa shape index (κ3) is 6.15. The van der Waals surface area contributed by atoms with E-state index in [0.29, 0.717) is 10.8 Å². The third-order valence-electron chi connectivity index (χ3n) is 4.82. The molecule has 2 fully saturated rings. The van der Waals surface area contributed by atoms with Crippen LogP contribution >= 0.6 is 0 Å². The topological polar surface area (TPSA) is 175 Å². The molecule has 2 saturated heterocycles. The number of carbonyl (C=O) groups excluding carboxylic acids is 3. The Bertz CT molecular complexity index is 1060. The van der Waals surface area contributed by atoms with Gasteiger partial charge in [0, 0.05) is 18.9 Å². The minimum atomic E-state index is -4.87. The maximum Gasteiger partial charge on any atom is 0.418 e. The lowest BCUT2D eigenvalue weighted by Gasteiger charge is -2.31. The summed E-state index contributed by atoms with van der Waals surface area (Å²) in [4.78, 5) is 41.5. The van der Waals surface area contributed by atoms with Gasteiger partial charge < -0.3 is 10.6 Å². The van der Waals surface area contributed by atoms with Crippen molar-refractivity contribution in [2.45, 2.75) is 24.9 Å². The Kier molecular flexibility index (Phi) is 7.42. The molecule has 13 nitrogen and oxygen atoms in total. The number of primary amides is 1. The number of piperidine rings is 1. The number of nitrogens with one attached hydrogen (secondary N) is 1. The summed E-state index contributed by atoms with van der Waals surface area (Å²) in [6.07, 6.45) is 3.97. The Labute approximate surface area is 189 Å². The highest BCUT2D eigenvalue weighted by Gasteiger charge is 2.49. The first-order valence-electron chi connectivity index (χ1n) is 9.74. The van der Waals surface area contributed by atoms with E-state index in [-0.39, 0.29) is 19.4 Å². The third-order valence-corrected chi connectivity index (χ3v) is 5.17. The Morgan fingerprint density at radius 3 is 2.27 bits per heavy atom. The summed E-state index contributed by atoms with van der Waals surface area (Å²) in [6, 6.07) is 10.5. The van der Waals surface area contributed by atoms with E-state index in [0.717, 1.165) is 9.91 Å². The monoisotopic (exact) mass is 478 g/mol. The Morgan fingerprint density at radius 1 is 1.12 bits per heavy atom. The predicted octanol–water partition coefficient (Wildman–Crippen LogP) is 0.688. The summed E-state index contributed by atoms with van der Waals surface area (Å²) in [5.41, 5.74) is 8.01. The average molecular weight is 478 g/mol. The number of hydrogen-bond donors (Lipinski definition) is 3. The van der Waals surface area contributed by atoms with Crippen LogP contribution in [-0.4, -0.2) is 64.5 Å². The second kappa shape index (κ2) is 10.2. The first-order chi connectivity index (χ1) is 15.7. The van der Waals surface area contributed by atoms with Crippen LogP contribution in [-0.2, 0) is 19.5 Å². The normalized spacial score (nSPS) is 19.4. The molecule has 2 atom stereocenters. The van der Waals surface area contributed by atoms with Crippen LogP contribution in [0.25, 0.3) is 0 Å². The SMILES string of the molecule is NC(=O)N(NC(=O)[C@@H]1CC[C@@H]2CN1C(=O)N2OS(=O)(=O)O)c1ccccc1.c1ccncc1. The number of hydrazine groups is 1. The molecule has 14 heteroatoms. The lowest BCUT2D eigenvalue weighted by molar-refractivity contribution is -0.126. The van der Waals surface area contributed by atoms with E-state index < -0.39 is 40.5 Å². The van der Waals surface area contributed by atoms with Gasteiger partial charge in [0.05, 0.1) is 11.7 Å². The lowest BCUT2D eigenvalue weighted by atomic mass is 10.0. The van der Waals surface area contributed by atoms with Crippen LogP contribution in [0.5, 0.6) is 0 Å². The van der Waals surface area contributed by atoms with Crippen LogP contribution in [0, 0.1) is 0 Å². The van der Waals surface area contributed by atoms with Crippen LogP contribution in [0.3, 0.4) is 0 Å². The van der Waals surface area contributed by atoms with Crippen molar-refractivity contribution in [2.24, 2.45) is 5.73 Å². The van der Waals surface area contributed by atoms with Crippen LogP contribution in [0.2, 0.25) is 0 Å². The molecule has 1 aromatic carbocycles. The van der Waals surface area contributed by atoms with Crippen LogP contribution in [0.4, 0.5) is 15.3 Å². The van der Waals surface area contributed by atoms with Gasteiger partial charge >= 0.3 is 22.5 Å². The first-order valence-corrected chi connectivity index (χ1v) is 11.1. The molecule has 4 rings (SSSR count). The number of urea groups is 2. The standard InChI is InChI=1S/C14H17N5O7S.C5H5N/c15-13(21)18(9-4-2-1-3-5-9)16-12(20)11-7-6-10-8-17(11)14(22)19(10)26-27(23,24)25;1-2-4-6-5-3-1/h1-5,10-11H,6-8H2,(H2,15,21)(H,16,20)(H,23,24,25);1-5H/t10-,11+;/m1./s1. The Morgan fingerprint density at radius 2 is 1.76 bits per heavy atom. The molecule has 2 aromatic rings. The number of rotatable bonds is 4. The smallest absolute Gasteiger partial charge is 0.350 e. The molecular formula is C19H22N6O7S. The number of nitrogens with zero attached hydrogens (tertiary/aromatic N) is 4. The lowest BCUT2D eigenvalue weighted by Crippen LogP contribution is -2.57. The van der Waals surface area contributed by atoms with Crippen molar-refractivity contribution in [2.75, 3.05) is 11.6 Å². The van der Waals surface area contributed by atoms with Gasteiger partial charge in [0.1, 0.15) is 6.04 Å². The summed E-state index contributed by atoms with van der Waals surface area (Å²) in [6.45, 7) is 0.0361. The van der Waals surface area contributed by atoms with E-state index in [9.17, 15) is 22.8 Å². The van der Waals surface area contributed by atoms with E-state index in [1.807, 2.05) is 18.2 Å². The summed E-state index contributed by atoms with van der Waals surface area (Å²) in [5, 5.41) is 1.38. The van der Waals surface area contributed by atoms with Gasteiger partial charge in [-0.2, -0.15) is 13.5 Å². The van der Waals surface area contributed by atoms with E-state index in [1.54, 1.807) is 42.7 Å². The van der Waals surface area contributed by atoms with E-state index in [1.165, 1.54) is 0 Å². The number of carbonyl (C=O) groups is 3. The zero-order valence-corrected chi connectivity index (χ0v) is 18.0. The number of para-hydroxylation sites is 1. The Balaban J connectivity index is 0.000000442. The molecule has 4 N–H and O–H groups in total. The quantitative estimate of drug-likeness (QED) is 0.425. The zero-order valence-electron chi connectivity index (χ0n) is 17.2. The number of fused-ring (bicyclic) bond motifs is 2. The molecule has 2 bridgehead atoms. The fourth-order valence-corrected chi connectivity index (χ4v) is 3.81. The number of pyridine rings is 1. The molecule has 0 spiro atoms. The summed E-state index contributed by atoms with van der Waals surface area (Å²) in [7, 11) is -4.87. The van der Waals surface area contributed by atoms with Crippen molar-refractivity contribution in [1.29, 1.82) is 0 Å². The minimum absolute atomic E-state index is 0.0361. The van der Waals surface area contributed by atoms with Gasteiger partial charge in [-0.05, 0) is 37.1 Å². The fourth-order valence-electron chi connectivity index (χ4n) is 3.43. The number of aromatic nitrogens is 1. The first kappa shape index (κ1) is 23.9. The number of hydroxylamine groups is 2. The molecule has 0 unspecified atom stereocenters. The maximum absolute atomic E-state index is 12.6. The molecule has 33 heavy (non-hydrogen) atoms. The molecule has 5 amide bonds. The molecule has 0 saturated carbocycles. The molecule has 1 aromatic heterocycles. The van der Waals surface area contributed by atoms with Gasteiger partial charge in [-0.1, -0.05) is 24.3 Å². The van der Waals surface area contributed by atoms with Gasteiger partial charge in [-0.3, -0.25) is 19.8 Å². The van der Waals surface area contributed by atoms with Crippen molar-refractivity contribution in [3.63, 3.8) is 0 Å². The predicted molar refractivity (Wildman–Crippen MR) is 114 cm³/mol. The van der Waals surface area contributed by atoms with Gasteiger partial charge in [-0.15, -0.1) is 4.28 Å². The average Bonchev–Trinajstić information content (AvgIpc) is 3.02. The van der Waals surface area contributed by atoms with Crippen LogP contribution in [0.1, 0.15) is 12.8 Å². The highest BCUT2D eigenvalue weighted by Crippen LogP contribution is 2.30. The van der Waals surface area contributed by atoms with Crippen LogP contribution < -0.4 is 16.2 Å². The molecule has 2 aliphatic rings. The molecule has 0 radical (unpaired) electrons. The number of amides is 5. The van der Waals surface area contributed by atoms with E-state index in [4.69, 9.17) is 10.3 Å². The van der Waals surface area contributed by atoms with Crippen LogP contribution in [0.15, 0.2) is 60.9 Å². The minimum Gasteiger partial charge on any atom is -0.350 e. The highest BCUT2D eigenvalue weighted by atomic mass is 32.3. The molecule has 176 valence electrons. The molecule has 0 aliphatic carbocycles. The number of nitrogens with two attached hydrogens (primary N) is 1. The highest BCUT2D eigenvalue weighted by molar-refractivity contribution is 7.80. The van der Waals surface area contributed by atoms with Gasteiger partial charge in [0.25, 0.3) is 5.91 Å². The van der Waals surface area contributed by atoms with Gasteiger partial charge in [-0.25, -0.2) is 14.6 Å². The number of hydrogen-bond acceptors (Lipinski definition) is 7. The van der Waals surface area contributed by atoms with Crippen molar-refractivity contribution in [3.8, 4) is 0 Å².